The van der Waals surface area contributed by atoms with Gasteiger partial charge in [-0.3, -0.25) is 14.7 Å². The molecule has 0 atom stereocenters. The van der Waals surface area contributed by atoms with Crippen molar-refractivity contribution in [3.05, 3.63) is 70.8 Å². The van der Waals surface area contributed by atoms with Crippen LogP contribution in [-0.2, 0) is 19.5 Å². The summed E-state index contributed by atoms with van der Waals surface area (Å²) in [6.45, 7) is 4.71. The van der Waals surface area contributed by atoms with Crippen molar-refractivity contribution >= 4 is 5.91 Å². The number of pyridine rings is 1. The summed E-state index contributed by atoms with van der Waals surface area (Å²) in [5.41, 5.74) is 6.11. The summed E-state index contributed by atoms with van der Waals surface area (Å²) < 4.78 is 1.82. The second-order valence-corrected chi connectivity index (χ2v) is 7.91. The van der Waals surface area contributed by atoms with Gasteiger partial charge in [0.1, 0.15) is 0 Å². The maximum absolute atomic E-state index is 12.4. The van der Waals surface area contributed by atoms with Crippen LogP contribution >= 0.6 is 0 Å². The van der Waals surface area contributed by atoms with Crippen molar-refractivity contribution in [3.8, 4) is 5.69 Å². The maximum Gasteiger partial charge on any atom is 0.273 e. The Morgan fingerprint density at radius 3 is 2.83 bits per heavy atom. The second-order valence-electron chi connectivity index (χ2n) is 7.91. The van der Waals surface area contributed by atoms with E-state index in [1.165, 1.54) is 16.7 Å². The van der Waals surface area contributed by atoms with Crippen molar-refractivity contribution in [3.63, 3.8) is 0 Å². The minimum Gasteiger partial charge on any atom is -0.348 e. The lowest BCUT2D eigenvalue weighted by molar-refractivity contribution is 0.0945. The molecular formula is C22H24N6O. The Bertz CT molecular complexity index is 1040. The number of hydrogen-bond donors (Lipinski definition) is 1. The molecule has 1 fully saturated rings. The van der Waals surface area contributed by atoms with Crippen molar-refractivity contribution in [1.82, 2.24) is 30.2 Å². The number of fused-ring (bicyclic) bond motifs is 1. The Morgan fingerprint density at radius 2 is 2.03 bits per heavy atom. The van der Waals surface area contributed by atoms with Gasteiger partial charge in [0.25, 0.3) is 5.91 Å². The molecule has 7 heteroatoms. The van der Waals surface area contributed by atoms with Crippen LogP contribution in [0.3, 0.4) is 0 Å². The first kappa shape index (κ1) is 18.0. The number of carbonyl (C=O) groups excluding carboxylic acids is 1. The molecule has 0 saturated heterocycles. The van der Waals surface area contributed by atoms with Gasteiger partial charge in [-0.2, -0.15) is 0 Å². The van der Waals surface area contributed by atoms with Gasteiger partial charge in [-0.15, -0.1) is 5.10 Å². The summed E-state index contributed by atoms with van der Waals surface area (Å²) in [5, 5.41) is 11.5. The van der Waals surface area contributed by atoms with E-state index < -0.39 is 0 Å². The van der Waals surface area contributed by atoms with E-state index in [-0.39, 0.29) is 5.91 Å². The van der Waals surface area contributed by atoms with Gasteiger partial charge in [-0.1, -0.05) is 17.3 Å². The van der Waals surface area contributed by atoms with Crippen LogP contribution in [0.4, 0.5) is 0 Å². The largest absolute Gasteiger partial charge is 0.348 e. The molecule has 2 aromatic heterocycles. The zero-order chi connectivity index (χ0) is 19.8. The van der Waals surface area contributed by atoms with Crippen LogP contribution in [0.15, 0.2) is 42.7 Å². The lowest BCUT2D eigenvalue weighted by Gasteiger charge is -2.30. The Kier molecular flexibility index (Phi) is 4.60. The molecule has 1 aromatic carbocycles. The monoisotopic (exact) mass is 388 g/mol. The SMILES string of the molecule is Cc1c(C(=O)NC2CC2)nnn1-c1cccc2c1CCN(Cc1ccncc1)C2. The molecule has 1 aliphatic heterocycles. The van der Waals surface area contributed by atoms with Gasteiger partial charge < -0.3 is 5.32 Å². The molecule has 5 rings (SSSR count). The zero-order valence-electron chi connectivity index (χ0n) is 16.5. The lowest BCUT2D eigenvalue weighted by Crippen LogP contribution is -2.31. The van der Waals surface area contributed by atoms with Gasteiger partial charge in [-0.05, 0) is 61.1 Å². The molecule has 29 heavy (non-hydrogen) atoms. The predicted molar refractivity (Wildman–Crippen MR) is 109 cm³/mol. The number of aromatic nitrogens is 4. The molecule has 0 bridgehead atoms. The molecule has 3 heterocycles. The molecule has 7 nitrogen and oxygen atoms in total. The minimum atomic E-state index is -0.121. The molecule has 2 aliphatic rings. The van der Waals surface area contributed by atoms with E-state index in [9.17, 15) is 4.79 Å². The zero-order valence-corrected chi connectivity index (χ0v) is 16.5. The topological polar surface area (TPSA) is 75.9 Å². The van der Waals surface area contributed by atoms with E-state index >= 15 is 0 Å². The third kappa shape index (κ3) is 3.65. The van der Waals surface area contributed by atoms with Crippen molar-refractivity contribution in [1.29, 1.82) is 0 Å². The quantitative estimate of drug-likeness (QED) is 0.726. The van der Waals surface area contributed by atoms with Crippen molar-refractivity contribution < 1.29 is 4.79 Å². The molecule has 1 saturated carbocycles. The van der Waals surface area contributed by atoms with Gasteiger partial charge in [0.2, 0.25) is 0 Å². The molecule has 0 radical (unpaired) electrons. The van der Waals surface area contributed by atoms with Crippen LogP contribution < -0.4 is 5.32 Å². The molecule has 1 N–H and O–H groups in total. The van der Waals surface area contributed by atoms with Crippen LogP contribution in [0, 0.1) is 6.92 Å². The van der Waals surface area contributed by atoms with Crippen LogP contribution in [0.1, 0.15) is 45.7 Å². The Balaban J connectivity index is 1.39. The van der Waals surface area contributed by atoms with Crippen molar-refractivity contribution in [2.75, 3.05) is 6.54 Å². The smallest absolute Gasteiger partial charge is 0.273 e. The summed E-state index contributed by atoms with van der Waals surface area (Å²) in [4.78, 5) is 19.0. The van der Waals surface area contributed by atoms with Gasteiger partial charge in [0, 0.05) is 38.1 Å². The second kappa shape index (κ2) is 7.40. The van der Waals surface area contributed by atoms with Gasteiger partial charge >= 0.3 is 0 Å². The van der Waals surface area contributed by atoms with E-state index in [2.05, 4.69) is 55.8 Å². The minimum absolute atomic E-state index is 0.121. The molecule has 148 valence electrons. The summed E-state index contributed by atoms with van der Waals surface area (Å²) in [6.07, 6.45) is 6.74. The van der Waals surface area contributed by atoms with E-state index in [1.54, 1.807) is 0 Å². The van der Waals surface area contributed by atoms with Crippen molar-refractivity contribution in [2.45, 2.75) is 45.3 Å². The predicted octanol–water partition coefficient (Wildman–Crippen LogP) is 2.42. The number of hydrogen-bond acceptors (Lipinski definition) is 5. The molecule has 0 spiro atoms. The Hall–Kier alpha value is -3.06. The van der Waals surface area contributed by atoms with Crippen LogP contribution in [0.5, 0.6) is 0 Å². The Morgan fingerprint density at radius 1 is 1.21 bits per heavy atom. The van der Waals surface area contributed by atoms with Crippen LogP contribution in [-0.4, -0.2) is 43.4 Å². The number of amides is 1. The molecule has 1 amide bonds. The van der Waals surface area contributed by atoms with Crippen LogP contribution in [0.2, 0.25) is 0 Å². The summed E-state index contributed by atoms with van der Waals surface area (Å²) in [6, 6.07) is 10.8. The first-order chi connectivity index (χ1) is 14.2. The standard InChI is InChI=1S/C22H24N6O/c1-15-21(22(29)24-18-5-6-18)25-26-28(15)20-4-2-3-17-14-27(12-9-19(17)20)13-16-7-10-23-11-8-16/h2-4,7-8,10-11,18H,5-6,9,12-14H2,1H3,(H,24,29). The summed E-state index contributed by atoms with van der Waals surface area (Å²) in [5.74, 6) is -0.121. The fourth-order valence-electron chi connectivity index (χ4n) is 3.98. The average Bonchev–Trinajstić information content (AvgIpc) is 3.47. The van der Waals surface area contributed by atoms with E-state index in [1.807, 2.05) is 24.0 Å². The number of nitrogens with zero attached hydrogens (tertiary/aromatic N) is 5. The fourth-order valence-corrected chi connectivity index (χ4v) is 3.98. The van der Waals surface area contributed by atoms with Crippen molar-refractivity contribution in [2.24, 2.45) is 0 Å². The van der Waals surface area contributed by atoms with Gasteiger partial charge in [0.05, 0.1) is 11.4 Å². The Labute approximate surface area is 169 Å². The highest BCUT2D eigenvalue weighted by molar-refractivity contribution is 5.93. The summed E-state index contributed by atoms with van der Waals surface area (Å²) in [7, 11) is 0. The number of rotatable bonds is 5. The van der Waals surface area contributed by atoms with E-state index in [0.717, 1.165) is 50.3 Å². The van der Waals surface area contributed by atoms with E-state index in [4.69, 9.17) is 0 Å². The highest BCUT2D eigenvalue weighted by atomic mass is 16.2. The number of benzene rings is 1. The van der Waals surface area contributed by atoms with E-state index in [0.29, 0.717) is 11.7 Å². The average molecular weight is 388 g/mol. The van der Waals surface area contributed by atoms with Gasteiger partial charge in [-0.25, -0.2) is 4.68 Å². The van der Waals surface area contributed by atoms with Gasteiger partial charge in [0.15, 0.2) is 5.69 Å². The molecule has 3 aromatic rings. The molecule has 1 aliphatic carbocycles. The number of nitrogens with one attached hydrogen (secondary N) is 1. The third-order valence-electron chi connectivity index (χ3n) is 5.73. The first-order valence-corrected chi connectivity index (χ1v) is 10.1. The normalized spacial score (nSPS) is 16.4. The molecular weight excluding hydrogens is 364 g/mol. The maximum atomic E-state index is 12.4. The molecule has 0 unspecified atom stereocenters. The first-order valence-electron chi connectivity index (χ1n) is 10.1. The highest BCUT2D eigenvalue weighted by Gasteiger charge is 2.27. The summed E-state index contributed by atoms with van der Waals surface area (Å²) >= 11 is 0. The number of carbonyl (C=O) groups is 1. The third-order valence-corrected chi connectivity index (χ3v) is 5.73. The lowest BCUT2D eigenvalue weighted by atomic mass is 9.97. The van der Waals surface area contributed by atoms with Crippen LogP contribution in [0.25, 0.3) is 5.69 Å². The highest BCUT2D eigenvalue weighted by Crippen LogP contribution is 2.27. The fraction of sp³-hybridized carbons (Fsp3) is 0.364.